The maximum absolute atomic E-state index is 12.4. The van der Waals surface area contributed by atoms with E-state index in [1.807, 2.05) is 42.5 Å². The van der Waals surface area contributed by atoms with Crippen LogP contribution in [0, 0.1) is 0 Å². The van der Waals surface area contributed by atoms with Gasteiger partial charge in [0.15, 0.2) is 0 Å². The lowest BCUT2D eigenvalue weighted by atomic mass is 10.1. The summed E-state index contributed by atoms with van der Waals surface area (Å²) in [6.07, 6.45) is 0. The van der Waals surface area contributed by atoms with Crippen LogP contribution < -0.4 is 10.1 Å². The molecule has 22 heavy (non-hydrogen) atoms. The Balaban J connectivity index is 1.93. The van der Waals surface area contributed by atoms with Gasteiger partial charge >= 0.3 is 0 Å². The molecule has 0 aromatic heterocycles. The predicted molar refractivity (Wildman–Crippen MR) is 86.6 cm³/mol. The quantitative estimate of drug-likeness (QED) is 0.772. The highest BCUT2D eigenvalue weighted by Crippen LogP contribution is 2.28. The Bertz CT molecular complexity index is 843. The second kappa shape index (κ2) is 5.77. The summed E-state index contributed by atoms with van der Waals surface area (Å²) >= 11 is 0. The van der Waals surface area contributed by atoms with E-state index in [0.717, 1.165) is 10.8 Å². The SMILES string of the molecule is COc1cccc(O)c1C(=O)Nc1ccc2ccccc2c1. The van der Waals surface area contributed by atoms with Gasteiger partial charge in [0, 0.05) is 5.69 Å². The first kappa shape index (κ1) is 13.9. The molecule has 0 aliphatic rings. The Morgan fingerprint density at radius 1 is 1.00 bits per heavy atom. The first-order valence-electron chi connectivity index (χ1n) is 6.85. The minimum atomic E-state index is -0.412. The topological polar surface area (TPSA) is 58.6 Å². The van der Waals surface area contributed by atoms with Gasteiger partial charge in [-0.1, -0.05) is 36.4 Å². The van der Waals surface area contributed by atoms with Crippen LogP contribution in [0.2, 0.25) is 0 Å². The summed E-state index contributed by atoms with van der Waals surface area (Å²) in [4.78, 5) is 12.4. The Kier molecular flexibility index (Phi) is 3.66. The van der Waals surface area contributed by atoms with E-state index < -0.39 is 5.91 Å². The lowest BCUT2D eigenvalue weighted by molar-refractivity contribution is 0.102. The van der Waals surface area contributed by atoms with Crippen LogP contribution in [0.25, 0.3) is 10.8 Å². The molecule has 3 aromatic carbocycles. The Labute approximate surface area is 128 Å². The summed E-state index contributed by atoms with van der Waals surface area (Å²) in [7, 11) is 1.46. The Morgan fingerprint density at radius 3 is 2.55 bits per heavy atom. The highest BCUT2D eigenvalue weighted by Gasteiger charge is 2.17. The van der Waals surface area contributed by atoms with E-state index in [0.29, 0.717) is 11.4 Å². The van der Waals surface area contributed by atoms with Crippen LogP contribution in [0.5, 0.6) is 11.5 Å². The van der Waals surface area contributed by atoms with E-state index in [1.54, 1.807) is 12.1 Å². The summed E-state index contributed by atoms with van der Waals surface area (Å²) in [6, 6.07) is 18.3. The number of phenolic OH excluding ortho intramolecular Hbond substituents is 1. The van der Waals surface area contributed by atoms with Gasteiger partial charge in [-0.2, -0.15) is 0 Å². The molecule has 0 bridgehead atoms. The molecule has 3 aromatic rings. The molecule has 0 atom stereocenters. The summed E-state index contributed by atoms with van der Waals surface area (Å²) in [5.41, 5.74) is 0.784. The number of fused-ring (bicyclic) bond motifs is 1. The van der Waals surface area contributed by atoms with Crippen molar-refractivity contribution in [3.8, 4) is 11.5 Å². The number of carbonyl (C=O) groups excluding carboxylic acids is 1. The fourth-order valence-corrected chi connectivity index (χ4v) is 2.38. The van der Waals surface area contributed by atoms with Crippen molar-refractivity contribution in [1.29, 1.82) is 0 Å². The zero-order chi connectivity index (χ0) is 15.5. The molecule has 0 saturated carbocycles. The van der Waals surface area contributed by atoms with Gasteiger partial charge in [-0.3, -0.25) is 4.79 Å². The van der Waals surface area contributed by atoms with Crippen LogP contribution in [-0.2, 0) is 0 Å². The molecule has 110 valence electrons. The number of rotatable bonds is 3. The molecule has 0 fully saturated rings. The molecule has 3 rings (SSSR count). The zero-order valence-corrected chi connectivity index (χ0v) is 12.0. The summed E-state index contributed by atoms with van der Waals surface area (Å²) in [5, 5.41) is 14.8. The Hall–Kier alpha value is -3.01. The number of nitrogens with one attached hydrogen (secondary N) is 1. The van der Waals surface area contributed by atoms with Crippen molar-refractivity contribution >= 4 is 22.4 Å². The van der Waals surface area contributed by atoms with Crippen LogP contribution in [0.3, 0.4) is 0 Å². The smallest absolute Gasteiger partial charge is 0.263 e. The maximum atomic E-state index is 12.4. The first-order chi connectivity index (χ1) is 10.7. The lowest BCUT2D eigenvalue weighted by Gasteiger charge is -2.11. The van der Waals surface area contributed by atoms with Gasteiger partial charge in [0.1, 0.15) is 17.1 Å². The minimum absolute atomic E-state index is 0.113. The summed E-state index contributed by atoms with van der Waals surface area (Å²) in [5.74, 6) is -0.193. The standard InChI is InChI=1S/C18H15NO3/c1-22-16-8-4-7-15(20)17(16)18(21)19-14-10-9-12-5-2-3-6-13(12)11-14/h2-11,20H,1H3,(H,19,21). The third kappa shape index (κ3) is 2.59. The molecule has 0 unspecified atom stereocenters. The monoisotopic (exact) mass is 293 g/mol. The van der Waals surface area contributed by atoms with Crippen LogP contribution in [0.4, 0.5) is 5.69 Å². The van der Waals surface area contributed by atoms with Crippen LogP contribution in [0.15, 0.2) is 60.7 Å². The highest BCUT2D eigenvalue weighted by molar-refractivity contribution is 6.08. The van der Waals surface area contributed by atoms with E-state index in [2.05, 4.69) is 5.32 Å². The summed E-state index contributed by atoms with van der Waals surface area (Å²) in [6.45, 7) is 0. The van der Waals surface area contributed by atoms with Gasteiger partial charge in [0.2, 0.25) is 0 Å². The van der Waals surface area contributed by atoms with Crippen molar-refractivity contribution in [2.24, 2.45) is 0 Å². The predicted octanol–water partition coefficient (Wildman–Crippen LogP) is 3.81. The number of benzene rings is 3. The van der Waals surface area contributed by atoms with E-state index in [4.69, 9.17) is 4.74 Å². The number of anilines is 1. The fourth-order valence-electron chi connectivity index (χ4n) is 2.38. The molecule has 4 nitrogen and oxygen atoms in total. The van der Waals surface area contributed by atoms with Gasteiger partial charge in [-0.05, 0) is 35.0 Å². The van der Waals surface area contributed by atoms with Crippen LogP contribution in [-0.4, -0.2) is 18.1 Å². The number of ether oxygens (including phenoxy) is 1. The largest absolute Gasteiger partial charge is 0.507 e. The molecule has 0 aliphatic heterocycles. The number of amides is 1. The van der Waals surface area contributed by atoms with Gasteiger partial charge in [-0.25, -0.2) is 0 Å². The molecule has 0 spiro atoms. The van der Waals surface area contributed by atoms with Gasteiger partial charge < -0.3 is 15.2 Å². The number of hydrogen-bond acceptors (Lipinski definition) is 3. The molecule has 0 saturated heterocycles. The Morgan fingerprint density at radius 2 is 1.77 bits per heavy atom. The molecule has 0 radical (unpaired) electrons. The van der Waals surface area contributed by atoms with Gasteiger partial charge in [0.25, 0.3) is 5.91 Å². The van der Waals surface area contributed by atoms with Crippen LogP contribution >= 0.6 is 0 Å². The van der Waals surface area contributed by atoms with Gasteiger partial charge in [-0.15, -0.1) is 0 Å². The van der Waals surface area contributed by atoms with Crippen molar-refractivity contribution in [3.05, 3.63) is 66.2 Å². The number of hydrogen-bond donors (Lipinski definition) is 2. The van der Waals surface area contributed by atoms with Crippen molar-refractivity contribution in [2.75, 3.05) is 12.4 Å². The molecule has 2 N–H and O–H groups in total. The maximum Gasteiger partial charge on any atom is 0.263 e. The molecule has 0 aliphatic carbocycles. The average molecular weight is 293 g/mol. The third-order valence-corrected chi connectivity index (χ3v) is 3.46. The van der Waals surface area contributed by atoms with Gasteiger partial charge in [0.05, 0.1) is 7.11 Å². The summed E-state index contributed by atoms with van der Waals surface area (Å²) < 4.78 is 5.13. The average Bonchev–Trinajstić information content (AvgIpc) is 2.54. The molecular weight excluding hydrogens is 278 g/mol. The highest BCUT2D eigenvalue weighted by atomic mass is 16.5. The number of carbonyl (C=O) groups is 1. The van der Waals surface area contributed by atoms with E-state index in [1.165, 1.54) is 13.2 Å². The lowest BCUT2D eigenvalue weighted by Crippen LogP contribution is -2.13. The second-order valence-electron chi connectivity index (χ2n) is 4.87. The van der Waals surface area contributed by atoms with Crippen molar-refractivity contribution < 1.29 is 14.6 Å². The molecule has 4 heteroatoms. The first-order valence-corrected chi connectivity index (χ1v) is 6.85. The normalized spacial score (nSPS) is 10.4. The second-order valence-corrected chi connectivity index (χ2v) is 4.87. The molecule has 1 amide bonds. The fraction of sp³-hybridized carbons (Fsp3) is 0.0556. The number of phenols is 1. The zero-order valence-electron chi connectivity index (χ0n) is 12.0. The van der Waals surface area contributed by atoms with Crippen molar-refractivity contribution in [2.45, 2.75) is 0 Å². The number of methoxy groups -OCH3 is 1. The van der Waals surface area contributed by atoms with E-state index >= 15 is 0 Å². The third-order valence-electron chi connectivity index (χ3n) is 3.46. The van der Waals surface area contributed by atoms with Crippen LogP contribution in [0.1, 0.15) is 10.4 Å². The number of aromatic hydroxyl groups is 1. The van der Waals surface area contributed by atoms with Crippen molar-refractivity contribution in [1.82, 2.24) is 0 Å². The minimum Gasteiger partial charge on any atom is -0.507 e. The van der Waals surface area contributed by atoms with Crippen molar-refractivity contribution in [3.63, 3.8) is 0 Å². The molecule has 0 heterocycles. The van der Waals surface area contributed by atoms with E-state index in [9.17, 15) is 9.90 Å². The van der Waals surface area contributed by atoms with E-state index in [-0.39, 0.29) is 11.3 Å². The molecular formula is C18H15NO3.